The Bertz CT molecular complexity index is 765. The van der Waals surface area contributed by atoms with Gasteiger partial charge in [-0.1, -0.05) is 43.7 Å². The van der Waals surface area contributed by atoms with Crippen LogP contribution in [0.4, 0.5) is 0 Å². The van der Waals surface area contributed by atoms with Gasteiger partial charge in [-0.05, 0) is 42.9 Å². The van der Waals surface area contributed by atoms with Crippen molar-refractivity contribution in [2.75, 3.05) is 5.75 Å². The molecule has 5 heteroatoms. The van der Waals surface area contributed by atoms with E-state index in [0.29, 0.717) is 0 Å². The molecular formula is C19H23N3S2. The average molecular weight is 358 g/mol. The summed E-state index contributed by atoms with van der Waals surface area (Å²) < 4.78 is 0. The molecule has 24 heavy (non-hydrogen) atoms. The molecule has 0 spiro atoms. The Morgan fingerprint density at radius 1 is 1.08 bits per heavy atom. The van der Waals surface area contributed by atoms with E-state index >= 15 is 0 Å². The lowest BCUT2D eigenvalue weighted by Crippen LogP contribution is -1.94. The molecule has 0 amide bonds. The topological polar surface area (TPSA) is 41.6 Å². The van der Waals surface area contributed by atoms with Crippen molar-refractivity contribution < 1.29 is 0 Å². The van der Waals surface area contributed by atoms with E-state index in [9.17, 15) is 0 Å². The van der Waals surface area contributed by atoms with Gasteiger partial charge in [0.05, 0.1) is 16.7 Å². The predicted molar refractivity (Wildman–Crippen MR) is 105 cm³/mol. The molecule has 1 N–H and O–H groups in total. The minimum absolute atomic E-state index is 0.842. The van der Waals surface area contributed by atoms with Gasteiger partial charge in [0.1, 0.15) is 0 Å². The molecule has 0 aliphatic heterocycles. The van der Waals surface area contributed by atoms with Gasteiger partial charge in [0.25, 0.3) is 0 Å². The van der Waals surface area contributed by atoms with Crippen molar-refractivity contribution in [2.24, 2.45) is 0 Å². The first kappa shape index (κ1) is 17.4. The van der Waals surface area contributed by atoms with Crippen LogP contribution in [0.25, 0.3) is 11.0 Å². The Morgan fingerprint density at radius 3 is 2.79 bits per heavy atom. The summed E-state index contributed by atoms with van der Waals surface area (Å²) in [7, 11) is 0. The highest BCUT2D eigenvalue weighted by atomic mass is 32.2. The number of hydrogen-bond donors (Lipinski definition) is 1. The number of H-pyrrole nitrogens is 1. The fraction of sp³-hybridized carbons (Fsp3) is 0.368. The largest absolute Gasteiger partial charge is 0.333 e. The maximum absolute atomic E-state index is 4.62. The summed E-state index contributed by atoms with van der Waals surface area (Å²) in [5.74, 6) is 2.03. The van der Waals surface area contributed by atoms with Gasteiger partial charge >= 0.3 is 0 Å². The van der Waals surface area contributed by atoms with E-state index in [1.54, 1.807) is 11.8 Å². The minimum atomic E-state index is 0.842. The molecule has 3 rings (SSSR count). The lowest BCUT2D eigenvalue weighted by molar-refractivity contribution is 0.778. The Morgan fingerprint density at radius 2 is 1.96 bits per heavy atom. The highest BCUT2D eigenvalue weighted by Gasteiger charge is 2.09. The van der Waals surface area contributed by atoms with Crippen molar-refractivity contribution in [3.8, 4) is 0 Å². The summed E-state index contributed by atoms with van der Waals surface area (Å²) in [6.07, 6.45) is 5.80. The first-order valence-corrected chi connectivity index (χ1v) is 10.4. The summed E-state index contributed by atoms with van der Waals surface area (Å²) in [4.78, 5) is 13.9. The molecule has 0 saturated heterocycles. The Kier molecular flexibility index (Phi) is 6.21. The summed E-state index contributed by atoms with van der Waals surface area (Å²) in [6.45, 7) is 4.43. The highest BCUT2D eigenvalue weighted by Crippen LogP contribution is 2.28. The number of aromatic amines is 1. The van der Waals surface area contributed by atoms with Crippen molar-refractivity contribution >= 4 is 34.6 Å². The summed E-state index contributed by atoms with van der Waals surface area (Å²) >= 11 is 3.67. The first-order chi connectivity index (χ1) is 11.8. The number of fused-ring (bicyclic) bond motifs is 1. The van der Waals surface area contributed by atoms with Crippen LogP contribution in [0.5, 0.6) is 0 Å². The van der Waals surface area contributed by atoms with E-state index in [0.717, 1.165) is 27.6 Å². The van der Waals surface area contributed by atoms with Crippen LogP contribution >= 0.6 is 23.5 Å². The summed E-state index contributed by atoms with van der Waals surface area (Å²) in [5, 5.41) is 0.957. The second-order valence-corrected chi connectivity index (χ2v) is 7.88. The Balaban J connectivity index is 1.64. The maximum atomic E-state index is 4.62. The van der Waals surface area contributed by atoms with Crippen LogP contribution < -0.4 is 0 Å². The van der Waals surface area contributed by atoms with Crippen LogP contribution in [0.1, 0.15) is 37.4 Å². The first-order valence-electron chi connectivity index (χ1n) is 8.42. The van der Waals surface area contributed by atoms with E-state index in [2.05, 4.69) is 40.9 Å². The van der Waals surface area contributed by atoms with E-state index < -0.39 is 0 Å². The number of hydrogen-bond acceptors (Lipinski definition) is 4. The van der Waals surface area contributed by atoms with Crippen LogP contribution in [0.15, 0.2) is 46.6 Å². The Hall–Kier alpha value is -1.46. The zero-order valence-electron chi connectivity index (χ0n) is 14.2. The molecule has 0 atom stereocenters. The third kappa shape index (κ3) is 4.33. The number of pyridine rings is 1. The highest BCUT2D eigenvalue weighted by molar-refractivity contribution is 7.99. The zero-order valence-corrected chi connectivity index (χ0v) is 15.8. The van der Waals surface area contributed by atoms with Crippen molar-refractivity contribution in [1.82, 2.24) is 15.0 Å². The molecule has 0 bridgehead atoms. The molecule has 0 aliphatic carbocycles. The summed E-state index contributed by atoms with van der Waals surface area (Å²) in [6, 6.07) is 10.3. The number of thioether (sulfide) groups is 2. The van der Waals surface area contributed by atoms with Gasteiger partial charge in [-0.15, -0.1) is 11.8 Å². The number of para-hydroxylation sites is 2. The van der Waals surface area contributed by atoms with Crippen molar-refractivity contribution in [3.63, 3.8) is 0 Å². The second kappa shape index (κ2) is 8.58. The number of imidazole rings is 1. The molecule has 3 aromatic rings. The van der Waals surface area contributed by atoms with E-state index in [1.165, 1.54) is 35.5 Å². The maximum Gasteiger partial charge on any atom is 0.166 e. The number of rotatable bonds is 8. The lowest BCUT2D eigenvalue weighted by Gasteiger charge is -2.09. The quantitative estimate of drug-likeness (QED) is 0.406. The van der Waals surface area contributed by atoms with Crippen LogP contribution in [-0.2, 0) is 5.75 Å². The standard InChI is InChI=1S/C19H23N3S2/c1-3-4-7-12-23-18-10-11-20-17(14(18)2)13-24-19-21-15-8-5-6-9-16(15)22-19/h5-6,8-11H,3-4,7,12-13H2,1-2H3,(H,21,22). The van der Waals surface area contributed by atoms with Gasteiger partial charge in [-0.25, -0.2) is 4.98 Å². The van der Waals surface area contributed by atoms with E-state index in [4.69, 9.17) is 0 Å². The molecule has 0 saturated carbocycles. The molecule has 0 aliphatic rings. The number of unbranched alkanes of at least 4 members (excludes halogenated alkanes) is 2. The van der Waals surface area contributed by atoms with Gasteiger partial charge in [-0.3, -0.25) is 4.98 Å². The number of aromatic nitrogens is 3. The van der Waals surface area contributed by atoms with Crippen molar-refractivity contribution in [1.29, 1.82) is 0 Å². The molecule has 0 radical (unpaired) electrons. The van der Waals surface area contributed by atoms with Crippen LogP contribution in [0.3, 0.4) is 0 Å². The molecule has 126 valence electrons. The molecule has 1 aromatic carbocycles. The van der Waals surface area contributed by atoms with E-state index in [-0.39, 0.29) is 0 Å². The normalized spacial score (nSPS) is 11.2. The fourth-order valence-corrected chi connectivity index (χ4v) is 4.50. The number of nitrogens with one attached hydrogen (secondary N) is 1. The van der Waals surface area contributed by atoms with Crippen LogP contribution in [-0.4, -0.2) is 20.7 Å². The van der Waals surface area contributed by atoms with Crippen LogP contribution in [0.2, 0.25) is 0 Å². The number of benzene rings is 1. The lowest BCUT2D eigenvalue weighted by atomic mass is 10.2. The molecule has 0 fully saturated rings. The van der Waals surface area contributed by atoms with Crippen molar-refractivity contribution in [3.05, 3.63) is 47.8 Å². The minimum Gasteiger partial charge on any atom is -0.333 e. The smallest absolute Gasteiger partial charge is 0.166 e. The van der Waals surface area contributed by atoms with Gasteiger partial charge in [0.15, 0.2) is 5.16 Å². The van der Waals surface area contributed by atoms with Crippen LogP contribution in [0, 0.1) is 6.92 Å². The van der Waals surface area contributed by atoms with Gasteiger partial charge in [0, 0.05) is 16.8 Å². The molecule has 2 aromatic heterocycles. The fourth-order valence-electron chi connectivity index (χ4n) is 2.53. The van der Waals surface area contributed by atoms with Crippen molar-refractivity contribution in [2.45, 2.75) is 48.9 Å². The molecule has 3 nitrogen and oxygen atoms in total. The molecular weight excluding hydrogens is 334 g/mol. The van der Waals surface area contributed by atoms with E-state index in [1.807, 2.05) is 36.2 Å². The predicted octanol–water partition coefficient (Wildman–Crippen LogP) is 5.84. The summed E-state index contributed by atoms with van der Waals surface area (Å²) in [5.41, 5.74) is 4.57. The number of nitrogens with zero attached hydrogens (tertiary/aromatic N) is 2. The van der Waals surface area contributed by atoms with Gasteiger partial charge < -0.3 is 4.98 Å². The third-order valence-corrected chi connectivity index (χ3v) is 6.11. The second-order valence-electron chi connectivity index (χ2n) is 5.78. The van der Waals surface area contributed by atoms with Gasteiger partial charge in [-0.2, -0.15) is 0 Å². The van der Waals surface area contributed by atoms with Gasteiger partial charge in [0.2, 0.25) is 0 Å². The SMILES string of the molecule is CCCCCSc1ccnc(CSc2nc3ccccc3[nH]2)c1C. The third-order valence-electron chi connectivity index (χ3n) is 3.98. The monoisotopic (exact) mass is 357 g/mol. The zero-order chi connectivity index (χ0) is 16.8. The average Bonchev–Trinajstić information content (AvgIpc) is 3.02. The molecule has 0 unspecified atom stereocenters. The Labute approximate surface area is 152 Å². The molecule has 2 heterocycles.